The van der Waals surface area contributed by atoms with Crippen LogP contribution in [0.1, 0.15) is 40.5 Å². The first-order valence-electron chi connectivity index (χ1n) is 6.35. The van der Waals surface area contributed by atoms with Crippen LogP contribution in [-0.2, 0) is 19.0 Å². The summed E-state index contributed by atoms with van der Waals surface area (Å²) in [7, 11) is 1.66. The number of carbonyl (C=O) groups excluding carboxylic acids is 1. The van der Waals surface area contributed by atoms with Gasteiger partial charge in [-0.25, -0.2) is 0 Å². The molecule has 4 atom stereocenters. The van der Waals surface area contributed by atoms with Gasteiger partial charge in [0, 0.05) is 14.0 Å². The average Bonchev–Trinajstić information content (AvgIpc) is 2.66. The number of carbonyl (C=O) groups is 1. The molecule has 4 nitrogen and oxygen atoms in total. The summed E-state index contributed by atoms with van der Waals surface area (Å²) < 4.78 is 16.8. The molecule has 100 valence electrons. The minimum Gasteiger partial charge on any atom is -0.457 e. The molecule has 0 aromatic carbocycles. The van der Waals surface area contributed by atoms with Gasteiger partial charge in [-0.2, -0.15) is 0 Å². The largest absolute Gasteiger partial charge is 0.457 e. The molecule has 0 aliphatic carbocycles. The van der Waals surface area contributed by atoms with E-state index in [-0.39, 0.29) is 23.8 Å². The molecule has 1 aliphatic heterocycles. The Morgan fingerprint density at radius 1 is 1.53 bits per heavy atom. The van der Waals surface area contributed by atoms with E-state index in [1.54, 1.807) is 7.11 Å². The van der Waals surface area contributed by atoms with Crippen LogP contribution in [0.15, 0.2) is 0 Å². The van der Waals surface area contributed by atoms with E-state index in [4.69, 9.17) is 14.2 Å². The van der Waals surface area contributed by atoms with Crippen LogP contribution in [0.3, 0.4) is 0 Å². The molecule has 4 heteroatoms. The quantitative estimate of drug-likeness (QED) is 0.695. The molecular formula is C13H24O4. The zero-order chi connectivity index (χ0) is 13.1. The van der Waals surface area contributed by atoms with Crippen LogP contribution in [0.4, 0.5) is 0 Å². The molecule has 0 spiro atoms. The van der Waals surface area contributed by atoms with Crippen molar-refractivity contribution in [2.24, 2.45) is 5.92 Å². The van der Waals surface area contributed by atoms with Crippen molar-refractivity contribution in [1.82, 2.24) is 0 Å². The van der Waals surface area contributed by atoms with Crippen molar-refractivity contribution in [2.75, 3.05) is 13.7 Å². The number of ether oxygens (including phenoxy) is 3. The second-order valence-corrected chi connectivity index (χ2v) is 4.73. The highest BCUT2D eigenvalue weighted by molar-refractivity contribution is 5.66. The van der Waals surface area contributed by atoms with Crippen molar-refractivity contribution >= 4 is 5.97 Å². The summed E-state index contributed by atoms with van der Waals surface area (Å²) in [5.41, 5.74) is -0.330. The first kappa shape index (κ1) is 14.5. The lowest BCUT2D eigenvalue weighted by Gasteiger charge is -2.38. The van der Waals surface area contributed by atoms with Gasteiger partial charge >= 0.3 is 5.97 Å². The molecule has 1 saturated heterocycles. The first-order valence-corrected chi connectivity index (χ1v) is 6.35. The van der Waals surface area contributed by atoms with Crippen LogP contribution in [0, 0.1) is 5.92 Å². The molecular weight excluding hydrogens is 220 g/mol. The van der Waals surface area contributed by atoms with Gasteiger partial charge < -0.3 is 14.2 Å². The Labute approximate surface area is 104 Å². The summed E-state index contributed by atoms with van der Waals surface area (Å²) in [4.78, 5) is 11.1. The Kier molecular flexibility index (Phi) is 4.95. The highest BCUT2D eigenvalue weighted by Gasteiger charge is 2.53. The summed E-state index contributed by atoms with van der Waals surface area (Å²) in [5.74, 6) is 0.0923. The van der Waals surface area contributed by atoms with E-state index in [1.165, 1.54) is 6.92 Å². The number of esters is 1. The van der Waals surface area contributed by atoms with Crippen molar-refractivity contribution in [3.63, 3.8) is 0 Å². The number of rotatable bonds is 5. The van der Waals surface area contributed by atoms with Gasteiger partial charge in [-0.15, -0.1) is 0 Å². The summed E-state index contributed by atoms with van der Waals surface area (Å²) in [5, 5.41) is 0. The monoisotopic (exact) mass is 244 g/mol. The zero-order valence-corrected chi connectivity index (χ0v) is 11.5. The predicted molar refractivity (Wildman–Crippen MR) is 64.8 cm³/mol. The van der Waals surface area contributed by atoms with Crippen molar-refractivity contribution in [2.45, 2.75) is 58.3 Å². The van der Waals surface area contributed by atoms with Gasteiger partial charge in [-0.05, 0) is 12.3 Å². The molecule has 17 heavy (non-hydrogen) atoms. The fourth-order valence-electron chi connectivity index (χ4n) is 2.80. The SMILES string of the molecule is CCC(C)[C@]1(CC)OC[C@H](OC(C)=O)[C@@H]1OC. The number of methoxy groups -OCH3 is 1. The van der Waals surface area contributed by atoms with E-state index >= 15 is 0 Å². The van der Waals surface area contributed by atoms with Crippen molar-refractivity contribution in [3.8, 4) is 0 Å². The van der Waals surface area contributed by atoms with Crippen LogP contribution in [0.25, 0.3) is 0 Å². The third kappa shape index (κ3) is 2.63. The van der Waals surface area contributed by atoms with Gasteiger partial charge in [-0.1, -0.05) is 27.2 Å². The summed E-state index contributed by atoms with van der Waals surface area (Å²) >= 11 is 0. The normalized spacial score (nSPS) is 34.6. The maximum Gasteiger partial charge on any atom is 0.303 e. The highest BCUT2D eigenvalue weighted by Crippen LogP contribution is 2.40. The molecule has 0 bridgehead atoms. The summed E-state index contributed by atoms with van der Waals surface area (Å²) in [6.45, 7) is 8.23. The van der Waals surface area contributed by atoms with Crippen LogP contribution in [-0.4, -0.2) is 37.5 Å². The standard InChI is InChI=1S/C13H24O4/c1-6-9(3)13(7-2)12(15-5)11(8-16-13)17-10(4)14/h9,11-12H,6-8H2,1-5H3/t9?,11-,12-,13-/m0/s1. The predicted octanol–water partition coefficient (Wildman–Crippen LogP) is 2.16. The van der Waals surface area contributed by atoms with E-state index in [1.807, 2.05) is 0 Å². The van der Waals surface area contributed by atoms with Crippen LogP contribution in [0.2, 0.25) is 0 Å². The van der Waals surface area contributed by atoms with Crippen LogP contribution >= 0.6 is 0 Å². The third-order valence-electron chi connectivity index (χ3n) is 3.91. The van der Waals surface area contributed by atoms with Crippen molar-refractivity contribution < 1.29 is 19.0 Å². The Bertz CT molecular complexity index is 266. The molecule has 0 N–H and O–H groups in total. The van der Waals surface area contributed by atoms with E-state index in [2.05, 4.69) is 20.8 Å². The van der Waals surface area contributed by atoms with E-state index < -0.39 is 0 Å². The Hall–Kier alpha value is -0.610. The number of hydrogen-bond acceptors (Lipinski definition) is 4. The van der Waals surface area contributed by atoms with Gasteiger partial charge in [0.15, 0.2) is 6.10 Å². The molecule has 0 aromatic rings. The molecule has 1 heterocycles. The minimum absolute atomic E-state index is 0.175. The molecule has 1 aliphatic rings. The lowest BCUT2D eigenvalue weighted by molar-refractivity contribution is -0.154. The molecule has 0 amide bonds. The first-order chi connectivity index (χ1) is 8.01. The van der Waals surface area contributed by atoms with Gasteiger partial charge in [0.25, 0.3) is 0 Å². The molecule has 1 rings (SSSR count). The highest BCUT2D eigenvalue weighted by atomic mass is 16.6. The minimum atomic E-state index is -0.330. The molecule has 0 radical (unpaired) electrons. The number of hydrogen-bond donors (Lipinski definition) is 0. The zero-order valence-electron chi connectivity index (χ0n) is 11.5. The second-order valence-electron chi connectivity index (χ2n) is 4.73. The topological polar surface area (TPSA) is 44.8 Å². The van der Waals surface area contributed by atoms with Gasteiger partial charge in [0.05, 0.1) is 6.61 Å². The van der Waals surface area contributed by atoms with Gasteiger partial charge in [0.1, 0.15) is 11.7 Å². The average molecular weight is 244 g/mol. The van der Waals surface area contributed by atoms with Crippen LogP contribution in [0.5, 0.6) is 0 Å². The fraction of sp³-hybridized carbons (Fsp3) is 0.923. The molecule has 1 unspecified atom stereocenters. The fourth-order valence-corrected chi connectivity index (χ4v) is 2.80. The lowest BCUT2D eigenvalue weighted by Crippen LogP contribution is -2.49. The smallest absolute Gasteiger partial charge is 0.303 e. The van der Waals surface area contributed by atoms with E-state index in [0.29, 0.717) is 12.5 Å². The maximum atomic E-state index is 11.1. The Balaban J connectivity index is 2.89. The molecule has 0 aromatic heterocycles. The van der Waals surface area contributed by atoms with Crippen molar-refractivity contribution in [1.29, 1.82) is 0 Å². The van der Waals surface area contributed by atoms with E-state index in [0.717, 1.165) is 12.8 Å². The van der Waals surface area contributed by atoms with Crippen LogP contribution < -0.4 is 0 Å². The molecule has 0 saturated carbocycles. The third-order valence-corrected chi connectivity index (χ3v) is 3.91. The van der Waals surface area contributed by atoms with Gasteiger partial charge in [-0.3, -0.25) is 4.79 Å². The van der Waals surface area contributed by atoms with E-state index in [9.17, 15) is 4.79 Å². The second kappa shape index (κ2) is 5.83. The summed E-state index contributed by atoms with van der Waals surface area (Å²) in [6, 6.07) is 0. The van der Waals surface area contributed by atoms with Crippen molar-refractivity contribution in [3.05, 3.63) is 0 Å². The lowest BCUT2D eigenvalue weighted by atomic mass is 9.79. The Morgan fingerprint density at radius 3 is 2.59 bits per heavy atom. The molecule has 1 fully saturated rings. The maximum absolute atomic E-state index is 11.1. The van der Waals surface area contributed by atoms with Gasteiger partial charge in [0.2, 0.25) is 0 Å². The summed E-state index contributed by atoms with van der Waals surface area (Å²) in [6.07, 6.45) is 1.41. The Morgan fingerprint density at radius 2 is 2.18 bits per heavy atom.